The van der Waals surface area contributed by atoms with Crippen LogP contribution in [0.25, 0.3) is 16.9 Å². The van der Waals surface area contributed by atoms with E-state index < -0.39 is 0 Å². The maximum atomic E-state index is 12.3. The van der Waals surface area contributed by atoms with E-state index in [9.17, 15) is 4.79 Å². The molecular weight excluding hydrogens is 342 g/mol. The zero-order valence-corrected chi connectivity index (χ0v) is 15.1. The molecule has 0 saturated carbocycles. The lowest BCUT2D eigenvalue weighted by Gasteiger charge is -2.11. The van der Waals surface area contributed by atoms with Crippen LogP contribution in [0.15, 0.2) is 49.1 Å². The van der Waals surface area contributed by atoms with Crippen molar-refractivity contribution in [1.29, 1.82) is 0 Å². The first-order chi connectivity index (χ1) is 13.2. The Morgan fingerprint density at radius 2 is 1.96 bits per heavy atom. The Kier molecular flexibility index (Phi) is 4.93. The Hall–Kier alpha value is -3.06. The van der Waals surface area contributed by atoms with Gasteiger partial charge in [0.25, 0.3) is 5.91 Å². The first-order valence-electron chi connectivity index (χ1n) is 9.03. The molecule has 7 heteroatoms. The third kappa shape index (κ3) is 3.88. The van der Waals surface area contributed by atoms with Crippen molar-refractivity contribution < 1.29 is 9.53 Å². The largest absolute Gasteiger partial charge is 0.376 e. The van der Waals surface area contributed by atoms with Crippen molar-refractivity contribution in [1.82, 2.24) is 25.1 Å². The number of nitrogens with zero attached hydrogens (tertiary/aromatic N) is 4. The van der Waals surface area contributed by atoms with Gasteiger partial charge in [-0.3, -0.25) is 9.36 Å². The van der Waals surface area contributed by atoms with Gasteiger partial charge in [-0.2, -0.15) is 0 Å². The molecule has 4 rings (SSSR count). The molecule has 138 valence electrons. The molecule has 1 amide bonds. The van der Waals surface area contributed by atoms with Crippen LogP contribution in [-0.4, -0.2) is 44.9 Å². The zero-order valence-electron chi connectivity index (χ0n) is 15.1. The number of pyridine rings is 1. The van der Waals surface area contributed by atoms with E-state index in [0.717, 1.165) is 42.1 Å². The minimum Gasteiger partial charge on any atom is -0.376 e. The molecule has 1 unspecified atom stereocenters. The van der Waals surface area contributed by atoms with E-state index in [-0.39, 0.29) is 12.0 Å². The van der Waals surface area contributed by atoms with Crippen molar-refractivity contribution in [3.05, 3.63) is 60.3 Å². The van der Waals surface area contributed by atoms with Gasteiger partial charge in [0.2, 0.25) is 0 Å². The monoisotopic (exact) mass is 363 g/mol. The third-order valence-corrected chi connectivity index (χ3v) is 4.73. The van der Waals surface area contributed by atoms with Gasteiger partial charge in [-0.15, -0.1) is 10.2 Å². The maximum absolute atomic E-state index is 12.3. The van der Waals surface area contributed by atoms with E-state index in [1.807, 2.05) is 43.3 Å². The molecule has 27 heavy (non-hydrogen) atoms. The summed E-state index contributed by atoms with van der Waals surface area (Å²) in [5.41, 5.74) is 3.59. The normalized spacial score (nSPS) is 16.4. The van der Waals surface area contributed by atoms with Crippen molar-refractivity contribution in [3.8, 4) is 16.9 Å². The fraction of sp³-hybridized carbons (Fsp3) is 0.300. The topological polar surface area (TPSA) is 81.9 Å². The number of benzene rings is 1. The predicted octanol–water partition coefficient (Wildman–Crippen LogP) is 2.55. The number of carbonyl (C=O) groups is 1. The van der Waals surface area contributed by atoms with Gasteiger partial charge in [0.1, 0.15) is 18.5 Å². The number of carbonyl (C=O) groups excluding carboxylic acids is 1. The second-order valence-electron chi connectivity index (χ2n) is 6.59. The lowest BCUT2D eigenvalue weighted by atomic mass is 10.0. The van der Waals surface area contributed by atoms with Gasteiger partial charge in [0.05, 0.1) is 6.10 Å². The fourth-order valence-corrected chi connectivity index (χ4v) is 3.23. The van der Waals surface area contributed by atoms with Crippen LogP contribution in [0.5, 0.6) is 0 Å². The van der Waals surface area contributed by atoms with E-state index in [4.69, 9.17) is 4.74 Å². The number of amides is 1. The maximum Gasteiger partial charge on any atom is 0.251 e. The Morgan fingerprint density at radius 1 is 1.19 bits per heavy atom. The Labute approximate surface area is 157 Å². The SMILES string of the molecule is Cc1nc(-n2cnnc2)ccc1-c1ccc(C(=O)NCC2CCCO2)cc1. The molecule has 1 aliphatic rings. The van der Waals surface area contributed by atoms with Gasteiger partial charge in [-0.1, -0.05) is 12.1 Å². The number of hydrogen-bond donors (Lipinski definition) is 1. The van der Waals surface area contributed by atoms with Crippen LogP contribution < -0.4 is 5.32 Å². The fourth-order valence-electron chi connectivity index (χ4n) is 3.23. The van der Waals surface area contributed by atoms with Crippen molar-refractivity contribution >= 4 is 5.91 Å². The zero-order chi connectivity index (χ0) is 18.6. The number of rotatable bonds is 5. The standard InChI is InChI=1S/C20H21N5O2/c1-14-18(8-9-19(24-14)25-12-22-23-13-25)15-4-6-16(7-5-15)20(26)21-11-17-3-2-10-27-17/h4-9,12-13,17H,2-3,10-11H2,1H3,(H,21,26). The second kappa shape index (κ2) is 7.67. The molecule has 0 bridgehead atoms. The molecule has 1 atom stereocenters. The number of hydrogen-bond acceptors (Lipinski definition) is 5. The smallest absolute Gasteiger partial charge is 0.251 e. The Morgan fingerprint density at radius 3 is 2.63 bits per heavy atom. The molecule has 2 aromatic heterocycles. The van der Waals surface area contributed by atoms with Crippen LogP contribution in [0.4, 0.5) is 0 Å². The van der Waals surface area contributed by atoms with Gasteiger partial charge >= 0.3 is 0 Å². The van der Waals surface area contributed by atoms with Crippen LogP contribution in [0, 0.1) is 6.92 Å². The molecule has 7 nitrogen and oxygen atoms in total. The Bertz CT molecular complexity index is 916. The number of ether oxygens (including phenoxy) is 1. The van der Waals surface area contributed by atoms with Crippen molar-refractivity contribution in [2.75, 3.05) is 13.2 Å². The molecule has 1 saturated heterocycles. The number of aryl methyl sites for hydroxylation is 1. The summed E-state index contributed by atoms with van der Waals surface area (Å²) in [6.07, 6.45) is 5.46. The summed E-state index contributed by atoms with van der Waals surface area (Å²) in [6.45, 7) is 3.32. The van der Waals surface area contributed by atoms with Gasteiger partial charge in [0.15, 0.2) is 0 Å². The minimum absolute atomic E-state index is 0.0742. The lowest BCUT2D eigenvalue weighted by Crippen LogP contribution is -2.31. The van der Waals surface area contributed by atoms with E-state index in [0.29, 0.717) is 12.1 Å². The van der Waals surface area contributed by atoms with E-state index in [2.05, 4.69) is 20.5 Å². The molecule has 0 spiro atoms. The summed E-state index contributed by atoms with van der Waals surface area (Å²) < 4.78 is 7.30. The lowest BCUT2D eigenvalue weighted by molar-refractivity contribution is 0.0858. The highest BCUT2D eigenvalue weighted by atomic mass is 16.5. The molecular formula is C20H21N5O2. The van der Waals surface area contributed by atoms with E-state index in [1.54, 1.807) is 17.2 Å². The molecule has 0 radical (unpaired) electrons. The van der Waals surface area contributed by atoms with Crippen molar-refractivity contribution in [3.63, 3.8) is 0 Å². The number of aromatic nitrogens is 4. The van der Waals surface area contributed by atoms with Crippen molar-refractivity contribution in [2.24, 2.45) is 0 Å². The van der Waals surface area contributed by atoms with E-state index >= 15 is 0 Å². The summed E-state index contributed by atoms with van der Waals surface area (Å²) in [5, 5.41) is 10.5. The average Bonchev–Trinajstić information content (AvgIpc) is 3.40. The summed E-state index contributed by atoms with van der Waals surface area (Å²) in [4.78, 5) is 16.9. The quantitative estimate of drug-likeness (QED) is 0.753. The van der Waals surface area contributed by atoms with Gasteiger partial charge in [-0.25, -0.2) is 4.98 Å². The summed E-state index contributed by atoms with van der Waals surface area (Å²) in [6, 6.07) is 11.5. The Balaban J connectivity index is 1.46. The first-order valence-corrected chi connectivity index (χ1v) is 9.03. The highest BCUT2D eigenvalue weighted by Gasteiger charge is 2.16. The van der Waals surface area contributed by atoms with Crippen LogP contribution in [0.3, 0.4) is 0 Å². The van der Waals surface area contributed by atoms with E-state index in [1.165, 1.54) is 0 Å². The van der Waals surface area contributed by atoms with Gasteiger partial charge in [0, 0.05) is 30.0 Å². The molecule has 3 heterocycles. The summed E-state index contributed by atoms with van der Waals surface area (Å²) >= 11 is 0. The van der Waals surface area contributed by atoms with Crippen LogP contribution >= 0.6 is 0 Å². The van der Waals surface area contributed by atoms with Crippen molar-refractivity contribution in [2.45, 2.75) is 25.9 Å². The van der Waals surface area contributed by atoms with Gasteiger partial charge < -0.3 is 10.1 Å². The molecule has 1 N–H and O–H groups in total. The average molecular weight is 363 g/mol. The first kappa shape index (κ1) is 17.4. The minimum atomic E-state index is -0.0742. The predicted molar refractivity (Wildman–Crippen MR) is 101 cm³/mol. The molecule has 0 aliphatic carbocycles. The van der Waals surface area contributed by atoms with Gasteiger partial charge in [-0.05, 0) is 49.6 Å². The molecule has 1 aromatic carbocycles. The van der Waals surface area contributed by atoms with Crippen LogP contribution in [0.2, 0.25) is 0 Å². The molecule has 1 fully saturated rings. The third-order valence-electron chi connectivity index (χ3n) is 4.73. The summed E-state index contributed by atoms with van der Waals surface area (Å²) in [5.74, 6) is 0.696. The van der Waals surface area contributed by atoms with Crippen LogP contribution in [-0.2, 0) is 4.74 Å². The summed E-state index contributed by atoms with van der Waals surface area (Å²) in [7, 11) is 0. The van der Waals surface area contributed by atoms with Crippen LogP contribution in [0.1, 0.15) is 28.9 Å². The highest BCUT2D eigenvalue weighted by molar-refractivity contribution is 5.94. The highest BCUT2D eigenvalue weighted by Crippen LogP contribution is 2.24. The second-order valence-corrected chi connectivity index (χ2v) is 6.59. The molecule has 1 aliphatic heterocycles. The number of nitrogens with one attached hydrogen (secondary N) is 1. The molecule has 3 aromatic rings.